The molecule has 0 radical (unpaired) electrons. The first-order valence-electron chi connectivity index (χ1n) is 10.7. The Labute approximate surface area is 193 Å². The topological polar surface area (TPSA) is 79.0 Å². The van der Waals surface area contributed by atoms with Gasteiger partial charge in [0.1, 0.15) is 5.82 Å². The molecule has 2 atom stereocenters. The van der Waals surface area contributed by atoms with E-state index in [1.807, 2.05) is 41.9 Å². The van der Waals surface area contributed by atoms with Crippen molar-refractivity contribution in [2.45, 2.75) is 48.3 Å². The van der Waals surface area contributed by atoms with Gasteiger partial charge in [-0.05, 0) is 62.6 Å². The molecule has 32 heavy (non-hydrogen) atoms. The van der Waals surface area contributed by atoms with Crippen LogP contribution in [0.2, 0.25) is 5.02 Å². The molecule has 0 N–H and O–H groups in total. The molecule has 0 unspecified atom stereocenters. The normalized spacial score (nSPS) is 22.7. The third-order valence-corrected chi connectivity index (χ3v) is 9.31. The van der Waals surface area contributed by atoms with Crippen LogP contribution >= 0.6 is 11.6 Å². The second kappa shape index (κ2) is 7.65. The number of aromatic nitrogens is 2. The van der Waals surface area contributed by atoms with E-state index in [0.717, 1.165) is 35.6 Å². The van der Waals surface area contributed by atoms with Gasteiger partial charge in [-0.15, -0.1) is 0 Å². The van der Waals surface area contributed by atoms with Gasteiger partial charge in [-0.3, -0.25) is 0 Å². The lowest BCUT2D eigenvalue weighted by atomic mass is 9.82. The number of hydrogen-bond donors (Lipinski definition) is 0. The van der Waals surface area contributed by atoms with Crippen LogP contribution in [0.5, 0.6) is 0 Å². The Balaban J connectivity index is 1.73. The SMILES string of the molecule is Cc1nn(-c2ccccc2)c2c1C[C@](C#N)(S(=O)(=O)c1ccc(Cl)cc1)[C@H]1CCCCN21. The summed E-state index contributed by atoms with van der Waals surface area (Å²) >= 11 is 6.00. The summed E-state index contributed by atoms with van der Waals surface area (Å²) in [6.07, 6.45) is 2.58. The maximum absolute atomic E-state index is 14.0. The van der Waals surface area contributed by atoms with Crippen molar-refractivity contribution >= 4 is 27.3 Å². The van der Waals surface area contributed by atoms with Crippen LogP contribution in [-0.4, -0.2) is 35.5 Å². The Morgan fingerprint density at radius 1 is 1.12 bits per heavy atom. The van der Waals surface area contributed by atoms with E-state index in [1.54, 1.807) is 12.1 Å². The summed E-state index contributed by atoms with van der Waals surface area (Å²) in [6.45, 7) is 2.58. The van der Waals surface area contributed by atoms with E-state index >= 15 is 0 Å². The molecule has 1 aromatic heterocycles. The highest BCUT2D eigenvalue weighted by molar-refractivity contribution is 7.93. The summed E-state index contributed by atoms with van der Waals surface area (Å²) in [5.74, 6) is 0.913. The minimum atomic E-state index is -3.97. The lowest BCUT2D eigenvalue weighted by Crippen LogP contribution is -2.62. The fourth-order valence-electron chi connectivity index (χ4n) is 5.12. The van der Waals surface area contributed by atoms with Gasteiger partial charge in [0.25, 0.3) is 0 Å². The van der Waals surface area contributed by atoms with Crippen molar-refractivity contribution in [3.05, 3.63) is 70.9 Å². The maximum Gasteiger partial charge on any atom is 0.199 e. The number of rotatable bonds is 3. The first-order chi connectivity index (χ1) is 15.4. The highest BCUT2D eigenvalue weighted by Gasteiger charge is 2.58. The molecule has 5 rings (SSSR count). The molecule has 164 valence electrons. The fraction of sp³-hybridized carbons (Fsp3) is 0.333. The first-order valence-corrected chi connectivity index (χ1v) is 12.6. The van der Waals surface area contributed by atoms with Crippen LogP contribution in [0, 0.1) is 18.3 Å². The Bertz CT molecular complexity index is 1310. The summed E-state index contributed by atoms with van der Waals surface area (Å²) in [5.41, 5.74) is 2.50. The van der Waals surface area contributed by atoms with Crippen molar-refractivity contribution in [1.82, 2.24) is 9.78 Å². The van der Waals surface area contributed by atoms with E-state index in [2.05, 4.69) is 11.0 Å². The molecular weight excluding hydrogens is 444 g/mol. The van der Waals surface area contributed by atoms with Gasteiger partial charge in [0.05, 0.1) is 28.4 Å². The molecule has 6 nitrogen and oxygen atoms in total. The second-order valence-electron chi connectivity index (χ2n) is 8.48. The average Bonchev–Trinajstić information content (AvgIpc) is 3.15. The Morgan fingerprint density at radius 2 is 1.84 bits per heavy atom. The van der Waals surface area contributed by atoms with Gasteiger partial charge < -0.3 is 4.90 Å². The summed E-state index contributed by atoms with van der Waals surface area (Å²) in [4.78, 5) is 2.25. The zero-order chi connectivity index (χ0) is 22.5. The smallest absolute Gasteiger partial charge is 0.199 e. The molecule has 1 saturated heterocycles. The summed E-state index contributed by atoms with van der Waals surface area (Å²) in [5, 5.41) is 15.7. The van der Waals surface area contributed by atoms with Crippen LogP contribution in [0.1, 0.15) is 30.5 Å². The van der Waals surface area contributed by atoms with Gasteiger partial charge in [0.15, 0.2) is 14.6 Å². The molecule has 3 aromatic rings. The Morgan fingerprint density at radius 3 is 2.53 bits per heavy atom. The zero-order valence-electron chi connectivity index (χ0n) is 17.7. The van der Waals surface area contributed by atoms with E-state index in [9.17, 15) is 13.7 Å². The van der Waals surface area contributed by atoms with Crippen molar-refractivity contribution in [3.8, 4) is 11.8 Å². The highest BCUT2D eigenvalue weighted by Crippen LogP contribution is 2.47. The number of aryl methyl sites for hydroxylation is 1. The Hall–Kier alpha value is -2.82. The van der Waals surface area contributed by atoms with E-state index < -0.39 is 20.6 Å². The van der Waals surface area contributed by atoms with Crippen LogP contribution in [0.15, 0.2) is 59.5 Å². The van der Waals surface area contributed by atoms with Gasteiger partial charge >= 0.3 is 0 Å². The number of piperidine rings is 1. The van der Waals surface area contributed by atoms with Crippen LogP contribution in [0.25, 0.3) is 5.69 Å². The molecule has 1 fully saturated rings. The number of para-hydroxylation sites is 1. The molecule has 0 amide bonds. The minimum Gasteiger partial charge on any atom is -0.351 e. The predicted molar refractivity (Wildman–Crippen MR) is 124 cm³/mol. The van der Waals surface area contributed by atoms with E-state index in [4.69, 9.17) is 16.7 Å². The van der Waals surface area contributed by atoms with Crippen molar-refractivity contribution in [1.29, 1.82) is 5.26 Å². The van der Waals surface area contributed by atoms with Crippen molar-refractivity contribution in [2.75, 3.05) is 11.4 Å². The van der Waals surface area contributed by atoms with Gasteiger partial charge in [0, 0.05) is 23.6 Å². The molecule has 0 saturated carbocycles. The van der Waals surface area contributed by atoms with Crippen molar-refractivity contribution in [2.24, 2.45) is 0 Å². The van der Waals surface area contributed by atoms with Crippen molar-refractivity contribution in [3.63, 3.8) is 0 Å². The molecular formula is C24H23ClN4O2S. The molecule has 2 aromatic carbocycles. The number of halogens is 1. The van der Waals surface area contributed by atoms with Gasteiger partial charge in [-0.1, -0.05) is 29.8 Å². The number of nitriles is 1. The molecule has 8 heteroatoms. The van der Waals surface area contributed by atoms with E-state index in [-0.39, 0.29) is 11.3 Å². The molecule has 3 heterocycles. The van der Waals surface area contributed by atoms with Crippen molar-refractivity contribution < 1.29 is 8.42 Å². The zero-order valence-corrected chi connectivity index (χ0v) is 19.3. The predicted octanol–water partition coefficient (Wildman–Crippen LogP) is 4.49. The van der Waals surface area contributed by atoms with Gasteiger partial charge in [-0.2, -0.15) is 10.4 Å². The molecule has 0 aliphatic carbocycles. The largest absolute Gasteiger partial charge is 0.351 e. The first kappa shape index (κ1) is 21.0. The number of sulfone groups is 1. The quantitative estimate of drug-likeness (QED) is 0.568. The van der Waals surface area contributed by atoms with E-state index in [1.165, 1.54) is 12.1 Å². The van der Waals surface area contributed by atoms with Crippen LogP contribution in [-0.2, 0) is 16.3 Å². The molecule has 0 spiro atoms. The third kappa shape index (κ3) is 2.97. The lowest BCUT2D eigenvalue weighted by molar-refractivity contribution is 0.374. The molecule has 0 bridgehead atoms. The van der Waals surface area contributed by atoms with Crippen LogP contribution in [0.4, 0.5) is 5.82 Å². The number of nitrogens with zero attached hydrogens (tertiary/aromatic N) is 4. The molecule has 2 aliphatic heterocycles. The second-order valence-corrected chi connectivity index (χ2v) is 11.1. The summed E-state index contributed by atoms with van der Waals surface area (Å²) in [6, 6.07) is 17.8. The van der Waals surface area contributed by atoms with E-state index in [0.29, 0.717) is 18.0 Å². The number of hydrogen-bond acceptors (Lipinski definition) is 5. The number of anilines is 1. The number of benzene rings is 2. The minimum absolute atomic E-state index is 0.115. The van der Waals surface area contributed by atoms with Crippen LogP contribution < -0.4 is 4.90 Å². The average molecular weight is 467 g/mol. The van der Waals surface area contributed by atoms with Crippen LogP contribution in [0.3, 0.4) is 0 Å². The van der Waals surface area contributed by atoms with Gasteiger partial charge in [0.2, 0.25) is 0 Å². The number of fused-ring (bicyclic) bond motifs is 3. The highest BCUT2D eigenvalue weighted by atomic mass is 35.5. The lowest BCUT2D eigenvalue weighted by Gasteiger charge is -2.48. The standard InChI is InChI=1S/C24H23ClN4O2S/c1-17-21-15-24(16-26,32(30,31)20-12-10-18(25)11-13-20)22-9-5-6-14-28(22)23(21)29(27-17)19-7-3-2-4-8-19/h2-4,7-8,10-13,22H,5-6,9,14-15H2,1H3/t22-,24-/m1/s1. The fourth-order valence-corrected chi connectivity index (χ4v) is 7.22. The summed E-state index contributed by atoms with van der Waals surface area (Å²) < 4.78 is 28.3. The third-order valence-electron chi connectivity index (χ3n) is 6.70. The maximum atomic E-state index is 14.0. The Kier molecular flexibility index (Phi) is 5.03. The van der Waals surface area contributed by atoms with Gasteiger partial charge in [-0.25, -0.2) is 13.1 Å². The summed E-state index contributed by atoms with van der Waals surface area (Å²) in [7, 11) is -3.97. The monoisotopic (exact) mass is 466 g/mol. The molecule has 2 aliphatic rings.